The topological polar surface area (TPSA) is 73.6 Å². The summed E-state index contributed by atoms with van der Waals surface area (Å²) < 4.78 is 17.2. The summed E-state index contributed by atoms with van der Waals surface area (Å²) in [5.74, 6) is 2.08. The Balaban J connectivity index is 1.39. The molecule has 4 rings (SSSR count). The van der Waals surface area contributed by atoms with Crippen molar-refractivity contribution in [2.75, 3.05) is 26.3 Å². The van der Waals surface area contributed by atoms with Gasteiger partial charge in [0.25, 0.3) is 0 Å². The molecule has 1 fully saturated rings. The quantitative estimate of drug-likeness (QED) is 0.525. The van der Waals surface area contributed by atoms with E-state index in [0.29, 0.717) is 25.5 Å². The second kappa shape index (κ2) is 10.5. The highest BCUT2D eigenvalue weighted by Crippen LogP contribution is 2.32. The zero-order valence-corrected chi connectivity index (χ0v) is 18.7. The third-order valence-corrected chi connectivity index (χ3v) is 5.88. The number of carbonyl (C=O) groups is 1. The molecule has 3 aromatic rings. The number of ether oxygens (including phenoxy) is 2. The van der Waals surface area contributed by atoms with Crippen molar-refractivity contribution in [3.63, 3.8) is 0 Å². The van der Waals surface area contributed by atoms with Crippen LogP contribution in [0.15, 0.2) is 59.0 Å². The van der Waals surface area contributed by atoms with Crippen molar-refractivity contribution in [2.45, 2.75) is 32.6 Å². The van der Waals surface area contributed by atoms with Crippen LogP contribution in [-0.4, -0.2) is 37.3 Å². The summed E-state index contributed by atoms with van der Waals surface area (Å²) in [5, 5.41) is 3.40. The molecular weight excluding hydrogens is 404 g/mol. The largest absolute Gasteiger partial charge is 0.493 e. The third-order valence-electron chi connectivity index (χ3n) is 5.88. The maximum atomic E-state index is 12.4. The fourth-order valence-corrected chi connectivity index (χ4v) is 4.20. The number of benzene rings is 2. The molecule has 168 valence electrons. The molecule has 6 nitrogen and oxygen atoms in total. The van der Waals surface area contributed by atoms with Crippen LogP contribution in [0.3, 0.4) is 0 Å². The molecule has 2 aromatic carbocycles. The number of carbonyl (C=O) groups excluding carboxylic acids is 1. The van der Waals surface area contributed by atoms with Gasteiger partial charge < -0.3 is 19.2 Å². The molecule has 32 heavy (non-hydrogen) atoms. The molecule has 2 unspecified atom stereocenters. The summed E-state index contributed by atoms with van der Waals surface area (Å²) in [6.45, 7) is 6.27. The molecule has 0 aliphatic carbocycles. The molecule has 1 N–H and O–H groups in total. The van der Waals surface area contributed by atoms with Gasteiger partial charge in [-0.3, -0.25) is 4.79 Å². The van der Waals surface area contributed by atoms with E-state index in [1.165, 1.54) is 0 Å². The summed E-state index contributed by atoms with van der Waals surface area (Å²) in [6, 6.07) is 17.9. The van der Waals surface area contributed by atoms with Gasteiger partial charge in [0.05, 0.1) is 24.8 Å². The van der Waals surface area contributed by atoms with E-state index in [9.17, 15) is 4.79 Å². The number of oxazole rings is 1. The van der Waals surface area contributed by atoms with E-state index in [0.717, 1.165) is 47.8 Å². The van der Waals surface area contributed by atoms with Gasteiger partial charge in [0.15, 0.2) is 0 Å². The highest BCUT2D eigenvalue weighted by Gasteiger charge is 2.33. The Morgan fingerprint density at radius 2 is 2.03 bits per heavy atom. The summed E-state index contributed by atoms with van der Waals surface area (Å²) in [5.41, 5.74) is 2.96. The number of rotatable bonds is 8. The zero-order chi connectivity index (χ0) is 22.3. The van der Waals surface area contributed by atoms with E-state index in [2.05, 4.69) is 16.4 Å². The van der Waals surface area contributed by atoms with Crippen LogP contribution in [0.5, 0.6) is 5.75 Å². The molecule has 2 atom stereocenters. The maximum Gasteiger partial charge on any atom is 0.309 e. The summed E-state index contributed by atoms with van der Waals surface area (Å²) >= 11 is 0. The average molecular weight is 435 g/mol. The van der Waals surface area contributed by atoms with Crippen molar-refractivity contribution in [1.82, 2.24) is 10.3 Å². The summed E-state index contributed by atoms with van der Waals surface area (Å²) in [7, 11) is 0. The Labute approximate surface area is 189 Å². The number of esters is 1. The second-order valence-corrected chi connectivity index (χ2v) is 8.02. The molecule has 1 saturated heterocycles. The van der Waals surface area contributed by atoms with Crippen molar-refractivity contribution < 1.29 is 18.7 Å². The number of nitrogens with zero attached hydrogens (tertiary/aromatic N) is 1. The number of piperidine rings is 1. The van der Waals surface area contributed by atoms with Crippen LogP contribution < -0.4 is 10.1 Å². The molecule has 1 aliphatic heterocycles. The van der Waals surface area contributed by atoms with Crippen LogP contribution in [0.2, 0.25) is 0 Å². The highest BCUT2D eigenvalue weighted by atomic mass is 16.5. The van der Waals surface area contributed by atoms with Crippen LogP contribution in [0, 0.1) is 12.8 Å². The van der Waals surface area contributed by atoms with Gasteiger partial charge in [-0.2, -0.15) is 0 Å². The lowest BCUT2D eigenvalue weighted by Gasteiger charge is -2.31. The molecule has 0 amide bonds. The molecular formula is C26H30N2O4. The minimum absolute atomic E-state index is 0.0811. The fourth-order valence-electron chi connectivity index (χ4n) is 4.20. The van der Waals surface area contributed by atoms with E-state index >= 15 is 0 Å². The van der Waals surface area contributed by atoms with Crippen molar-refractivity contribution in [3.05, 3.63) is 71.6 Å². The van der Waals surface area contributed by atoms with E-state index in [1.807, 2.05) is 62.4 Å². The van der Waals surface area contributed by atoms with Crippen LogP contribution in [0.4, 0.5) is 0 Å². The summed E-state index contributed by atoms with van der Waals surface area (Å²) in [6.07, 6.45) is 1.44. The molecule has 0 radical (unpaired) electrons. The predicted molar refractivity (Wildman–Crippen MR) is 123 cm³/mol. The SMILES string of the molecule is CCOC(=O)C1CCNCC1c1cccc(OCCc2nc(-c3ccccc3)oc2C)c1. The molecule has 1 aliphatic rings. The van der Waals surface area contributed by atoms with Crippen LogP contribution in [0.25, 0.3) is 11.5 Å². The van der Waals surface area contributed by atoms with Gasteiger partial charge >= 0.3 is 5.97 Å². The Kier molecular flexibility index (Phi) is 7.22. The fraction of sp³-hybridized carbons (Fsp3) is 0.385. The first kappa shape index (κ1) is 22.1. The van der Waals surface area contributed by atoms with E-state index in [1.54, 1.807) is 0 Å². The van der Waals surface area contributed by atoms with Gasteiger partial charge in [-0.1, -0.05) is 30.3 Å². The minimum Gasteiger partial charge on any atom is -0.493 e. The molecule has 6 heteroatoms. The number of hydrogen-bond acceptors (Lipinski definition) is 6. The lowest BCUT2D eigenvalue weighted by molar-refractivity contribution is -0.149. The van der Waals surface area contributed by atoms with Crippen LogP contribution in [-0.2, 0) is 16.0 Å². The van der Waals surface area contributed by atoms with Gasteiger partial charge in [0, 0.05) is 24.4 Å². The molecule has 1 aromatic heterocycles. The molecule has 0 saturated carbocycles. The van der Waals surface area contributed by atoms with Crippen molar-refractivity contribution >= 4 is 5.97 Å². The van der Waals surface area contributed by atoms with Gasteiger partial charge in [-0.05, 0) is 56.6 Å². The lowest BCUT2D eigenvalue weighted by Crippen LogP contribution is -2.39. The average Bonchev–Trinajstić information content (AvgIpc) is 3.20. The van der Waals surface area contributed by atoms with Crippen molar-refractivity contribution in [3.8, 4) is 17.2 Å². The molecule has 2 heterocycles. The third kappa shape index (κ3) is 5.19. The summed E-state index contributed by atoms with van der Waals surface area (Å²) in [4.78, 5) is 17.1. The first-order valence-electron chi connectivity index (χ1n) is 11.3. The number of aryl methyl sites for hydroxylation is 1. The van der Waals surface area contributed by atoms with Crippen molar-refractivity contribution in [1.29, 1.82) is 0 Å². The normalized spacial score (nSPS) is 18.3. The number of aromatic nitrogens is 1. The van der Waals surface area contributed by atoms with Gasteiger partial charge in [-0.25, -0.2) is 4.98 Å². The first-order valence-corrected chi connectivity index (χ1v) is 11.3. The van der Waals surface area contributed by atoms with E-state index < -0.39 is 0 Å². The zero-order valence-electron chi connectivity index (χ0n) is 18.7. The maximum absolute atomic E-state index is 12.4. The predicted octanol–water partition coefficient (Wildman–Crippen LogP) is 4.53. The van der Waals surface area contributed by atoms with Crippen molar-refractivity contribution in [2.24, 2.45) is 5.92 Å². The molecule has 0 spiro atoms. The molecule has 0 bridgehead atoms. The van der Waals surface area contributed by atoms with Crippen LogP contribution >= 0.6 is 0 Å². The second-order valence-electron chi connectivity index (χ2n) is 8.02. The Morgan fingerprint density at radius 3 is 2.84 bits per heavy atom. The van der Waals surface area contributed by atoms with Gasteiger partial charge in [0.1, 0.15) is 11.5 Å². The van der Waals surface area contributed by atoms with E-state index in [4.69, 9.17) is 13.9 Å². The lowest BCUT2D eigenvalue weighted by atomic mass is 9.81. The van der Waals surface area contributed by atoms with Crippen LogP contribution in [0.1, 0.15) is 36.3 Å². The number of hydrogen-bond donors (Lipinski definition) is 1. The first-order chi connectivity index (χ1) is 15.7. The van der Waals surface area contributed by atoms with E-state index in [-0.39, 0.29) is 17.8 Å². The Morgan fingerprint density at radius 1 is 1.19 bits per heavy atom. The Bertz CT molecular complexity index is 1030. The number of nitrogens with one attached hydrogen (secondary N) is 1. The highest BCUT2D eigenvalue weighted by molar-refractivity contribution is 5.74. The standard InChI is InChI=1S/C26H30N2O4/c1-3-30-26(29)22-12-14-27-17-23(22)20-10-7-11-21(16-20)31-15-13-24-18(2)32-25(28-24)19-8-5-4-6-9-19/h4-11,16,22-23,27H,3,12-15,17H2,1-2H3. The smallest absolute Gasteiger partial charge is 0.309 e. The van der Waals surface area contributed by atoms with Gasteiger partial charge in [-0.15, -0.1) is 0 Å². The Hall–Kier alpha value is -3.12. The van der Waals surface area contributed by atoms with Gasteiger partial charge in [0.2, 0.25) is 5.89 Å². The minimum atomic E-state index is -0.124. The monoisotopic (exact) mass is 434 g/mol.